The van der Waals surface area contributed by atoms with Gasteiger partial charge in [0.15, 0.2) is 0 Å². The second-order valence-corrected chi connectivity index (χ2v) is 7.73. The highest BCUT2D eigenvalue weighted by atomic mass is 16.6. The summed E-state index contributed by atoms with van der Waals surface area (Å²) >= 11 is 0. The molecule has 0 unspecified atom stereocenters. The van der Waals surface area contributed by atoms with Crippen LogP contribution in [0.25, 0.3) is 5.65 Å². The Morgan fingerprint density at radius 1 is 1.32 bits per heavy atom. The molecule has 1 fully saturated rings. The van der Waals surface area contributed by atoms with Crippen LogP contribution in [0.1, 0.15) is 63.0 Å². The predicted molar refractivity (Wildman–Crippen MR) is 94.8 cm³/mol. The van der Waals surface area contributed by atoms with Crippen LogP contribution in [-0.2, 0) is 4.74 Å². The highest BCUT2D eigenvalue weighted by Gasteiger charge is 2.33. The second-order valence-electron chi connectivity index (χ2n) is 7.73. The summed E-state index contributed by atoms with van der Waals surface area (Å²) in [7, 11) is 0. The first-order valence-corrected chi connectivity index (χ1v) is 8.76. The normalized spacial score (nSPS) is 18.6. The monoisotopic (exact) mass is 346 g/mol. The number of amides is 1. The van der Waals surface area contributed by atoms with Crippen LogP contribution >= 0.6 is 0 Å². The van der Waals surface area contributed by atoms with Crippen LogP contribution in [0.3, 0.4) is 0 Å². The van der Waals surface area contributed by atoms with Gasteiger partial charge in [-0.15, -0.1) is 0 Å². The number of H-pyrrole nitrogens is 1. The zero-order valence-corrected chi connectivity index (χ0v) is 15.5. The Labute approximate surface area is 147 Å². The Morgan fingerprint density at radius 2 is 2.04 bits per heavy atom. The van der Waals surface area contributed by atoms with E-state index in [-0.39, 0.29) is 17.7 Å². The smallest absolute Gasteiger partial charge is 0.410 e. The van der Waals surface area contributed by atoms with E-state index in [4.69, 9.17) is 4.74 Å². The van der Waals surface area contributed by atoms with Crippen LogP contribution in [0.4, 0.5) is 4.79 Å². The third kappa shape index (κ3) is 3.41. The molecule has 136 valence electrons. The summed E-state index contributed by atoms with van der Waals surface area (Å²) in [5.74, 6) is 0. The zero-order chi connectivity index (χ0) is 18.4. The molecule has 1 aliphatic heterocycles. The Morgan fingerprint density at radius 3 is 2.72 bits per heavy atom. The van der Waals surface area contributed by atoms with E-state index in [0.717, 1.165) is 30.7 Å². The highest BCUT2D eigenvalue weighted by Crippen LogP contribution is 2.31. The molecule has 3 heterocycles. The quantitative estimate of drug-likeness (QED) is 0.860. The van der Waals surface area contributed by atoms with Gasteiger partial charge >= 0.3 is 6.09 Å². The molecule has 3 rings (SSSR count). The van der Waals surface area contributed by atoms with Crippen molar-refractivity contribution in [2.45, 2.75) is 65.5 Å². The van der Waals surface area contributed by atoms with Crippen LogP contribution in [0, 0.1) is 13.8 Å². The van der Waals surface area contributed by atoms with Gasteiger partial charge < -0.3 is 9.72 Å². The third-order valence-corrected chi connectivity index (χ3v) is 4.59. The molecule has 1 atom stereocenters. The average Bonchev–Trinajstić information content (AvgIpc) is 2.95. The SMILES string of the molecule is Cc1[nH]c2cc([C@@H]3CCCCN3C(=O)OC(C)(C)C)nn2c(=O)c1C. The molecule has 0 aromatic carbocycles. The lowest BCUT2D eigenvalue weighted by Crippen LogP contribution is -2.42. The van der Waals surface area contributed by atoms with Crippen molar-refractivity contribution in [3.05, 3.63) is 33.4 Å². The molecule has 0 aliphatic carbocycles. The van der Waals surface area contributed by atoms with Crippen molar-refractivity contribution in [2.24, 2.45) is 0 Å². The summed E-state index contributed by atoms with van der Waals surface area (Å²) in [4.78, 5) is 30.0. The van der Waals surface area contributed by atoms with Crippen molar-refractivity contribution < 1.29 is 9.53 Å². The number of carbonyl (C=O) groups excluding carboxylic acids is 1. The lowest BCUT2D eigenvalue weighted by molar-refractivity contribution is 0.00897. The maximum Gasteiger partial charge on any atom is 0.410 e. The fourth-order valence-corrected chi connectivity index (χ4v) is 3.19. The van der Waals surface area contributed by atoms with Gasteiger partial charge in [-0.1, -0.05) is 0 Å². The number of hydrogen-bond donors (Lipinski definition) is 1. The van der Waals surface area contributed by atoms with Gasteiger partial charge in [-0.05, 0) is 53.9 Å². The minimum Gasteiger partial charge on any atom is -0.444 e. The minimum absolute atomic E-state index is 0.128. The molecule has 2 aromatic heterocycles. The van der Waals surface area contributed by atoms with Gasteiger partial charge in [0.2, 0.25) is 0 Å². The Bertz CT molecular complexity index is 860. The van der Waals surface area contributed by atoms with Gasteiger partial charge in [-0.25, -0.2) is 4.79 Å². The van der Waals surface area contributed by atoms with E-state index in [0.29, 0.717) is 17.8 Å². The van der Waals surface area contributed by atoms with Gasteiger partial charge in [-0.2, -0.15) is 9.61 Å². The molecule has 7 nitrogen and oxygen atoms in total. The van der Waals surface area contributed by atoms with Crippen LogP contribution in [0.2, 0.25) is 0 Å². The Kier molecular flexibility index (Phi) is 4.34. The first-order valence-electron chi connectivity index (χ1n) is 8.76. The summed E-state index contributed by atoms with van der Waals surface area (Å²) in [5, 5.41) is 4.49. The number of aromatic amines is 1. The topological polar surface area (TPSA) is 79.7 Å². The number of piperidine rings is 1. The summed E-state index contributed by atoms with van der Waals surface area (Å²) in [6.07, 6.45) is 2.45. The van der Waals surface area contributed by atoms with Gasteiger partial charge in [-0.3, -0.25) is 9.69 Å². The molecular formula is C18H26N4O3. The van der Waals surface area contributed by atoms with E-state index in [2.05, 4.69) is 10.1 Å². The molecule has 0 spiro atoms. The largest absolute Gasteiger partial charge is 0.444 e. The number of hydrogen-bond acceptors (Lipinski definition) is 4. The molecule has 1 saturated heterocycles. The number of aromatic nitrogens is 3. The molecule has 0 bridgehead atoms. The molecule has 7 heteroatoms. The first-order chi connectivity index (χ1) is 11.7. The van der Waals surface area contributed by atoms with Crippen LogP contribution in [-0.4, -0.2) is 37.7 Å². The first kappa shape index (κ1) is 17.5. The Hall–Kier alpha value is -2.31. The van der Waals surface area contributed by atoms with E-state index in [1.54, 1.807) is 11.8 Å². The fourth-order valence-electron chi connectivity index (χ4n) is 3.19. The van der Waals surface area contributed by atoms with E-state index in [9.17, 15) is 9.59 Å². The van der Waals surface area contributed by atoms with Gasteiger partial charge in [0.1, 0.15) is 11.2 Å². The van der Waals surface area contributed by atoms with E-state index >= 15 is 0 Å². The van der Waals surface area contributed by atoms with Crippen molar-refractivity contribution in [2.75, 3.05) is 6.54 Å². The summed E-state index contributed by atoms with van der Waals surface area (Å²) < 4.78 is 6.94. The van der Waals surface area contributed by atoms with Crippen molar-refractivity contribution in [1.29, 1.82) is 0 Å². The zero-order valence-electron chi connectivity index (χ0n) is 15.5. The standard InChI is InChI=1S/C18H26N4O3/c1-11-12(2)19-15-10-13(20-22(15)16(11)23)14-8-6-7-9-21(14)17(24)25-18(3,4)5/h10,14,19H,6-9H2,1-5H3/t14-/m0/s1. The van der Waals surface area contributed by atoms with Gasteiger partial charge in [0.05, 0.1) is 11.7 Å². The molecule has 1 amide bonds. The van der Waals surface area contributed by atoms with Crippen LogP contribution in [0.15, 0.2) is 10.9 Å². The summed E-state index contributed by atoms with van der Waals surface area (Å²) in [6.45, 7) is 9.87. The highest BCUT2D eigenvalue weighted by molar-refractivity contribution is 5.69. The fraction of sp³-hybridized carbons (Fsp3) is 0.611. The molecule has 2 aromatic rings. The summed E-state index contributed by atoms with van der Waals surface area (Å²) in [5.41, 5.74) is 2.19. The maximum absolute atomic E-state index is 12.6. The number of aryl methyl sites for hydroxylation is 1. The number of ether oxygens (including phenoxy) is 1. The number of nitrogens with zero attached hydrogens (tertiary/aromatic N) is 3. The molecule has 1 aliphatic rings. The van der Waals surface area contributed by atoms with Crippen molar-refractivity contribution >= 4 is 11.7 Å². The van der Waals surface area contributed by atoms with E-state index in [1.165, 1.54) is 4.52 Å². The second kappa shape index (κ2) is 6.20. The van der Waals surface area contributed by atoms with Gasteiger partial charge in [0.25, 0.3) is 5.56 Å². The Balaban J connectivity index is 1.98. The third-order valence-electron chi connectivity index (χ3n) is 4.59. The van der Waals surface area contributed by atoms with Crippen molar-refractivity contribution in [3.8, 4) is 0 Å². The van der Waals surface area contributed by atoms with Crippen molar-refractivity contribution in [1.82, 2.24) is 19.5 Å². The number of nitrogens with one attached hydrogen (secondary N) is 1. The number of carbonyl (C=O) groups is 1. The molecule has 25 heavy (non-hydrogen) atoms. The molecule has 1 N–H and O–H groups in total. The average molecular weight is 346 g/mol. The minimum atomic E-state index is -0.540. The number of fused-ring (bicyclic) bond motifs is 1. The van der Waals surface area contributed by atoms with E-state index in [1.807, 2.05) is 33.8 Å². The van der Waals surface area contributed by atoms with Crippen LogP contribution < -0.4 is 5.56 Å². The maximum atomic E-state index is 12.6. The lowest BCUT2D eigenvalue weighted by atomic mass is 10.00. The van der Waals surface area contributed by atoms with E-state index < -0.39 is 5.60 Å². The number of likely N-dealkylation sites (tertiary alicyclic amines) is 1. The molecular weight excluding hydrogens is 320 g/mol. The summed E-state index contributed by atoms with van der Waals surface area (Å²) in [6, 6.07) is 1.69. The number of rotatable bonds is 1. The van der Waals surface area contributed by atoms with Gasteiger partial charge in [0, 0.05) is 23.9 Å². The van der Waals surface area contributed by atoms with Crippen molar-refractivity contribution in [3.63, 3.8) is 0 Å². The molecule has 0 radical (unpaired) electrons. The molecule has 0 saturated carbocycles. The predicted octanol–water partition coefficient (Wildman–Crippen LogP) is 3.10. The lowest BCUT2D eigenvalue weighted by Gasteiger charge is -2.35. The van der Waals surface area contributed by atoms with Crippen LogP contribution in [0.5, 0.6) is 0 Å².